The van der Waals surface area contributed by atoms with Crippen molar-refractivity contribution in [3.63, 3.8) is 0 Å². The van der Waals surface area contributed by atoms with Gasteiger partial charge in [0.15, 0.2) is 5.82 Å². The number of ether oxygens (including phenoxy) is 1. The number of aryl methyl sites for hydroxylation is 2. The van der Waals surface area contributed by atoms with Crippen molar-refractivity contribution in [3.8, 4) is 5.69 Å². The van der Waals surface area contributed by atoms with E-state index in [9.17, 15) is 0 Å². The van der Waals surface area contributed by atoms with E-state index in [-0.39, 0.29) is 0 Å². The number of rotatable bonds is 5. The van der Waals surface area contributed by atoms with Gasteiger partial charge < -0.3 is 4.74 Å². The van der Waals surface area contributed by atoms with Crippen molar-refractivity contribution in [2.24, 2.45) is 0 Å². The molecule has 1 aromatic heterocycles. The molecule has 1 aromatic carbocycles. The number of hydrogen-bond acceptors (Lipinski definition) is 4. The van der Waals surface area contributed by atoms with Crippen LogP contribution in [0, 0.1) is 13.8 Å². The van der Waals surface area contributed by atoms with E-state index in [1.165, 1.54) is 24.0 Å². The van der Waals surface area contributed by atoms with Crippen LogP contribution in [-0.2, 0) is 4.74 Å². The summed E-state index contributed by atoms with van der Waals surface area (Å²) in [5, 5.41) is 4.92. The molecule has 1 atom stereocenters. The van der Waals surface area contributed by atoms with Crippen molar-refractivity contribution in [1.82, 2.24) is 19.7 Å². The fourth-order valence-corrected chi connectivity index (χ4v) is 3.61. The van der Waals surface area contributed by atoms with Crippen LogP contribution in [0.25, 0.3) is 5.69 Å². The molecule has 0 amide bonds. The first-order valence-electron chi connectivity index (χ1n) is 9.53. The Morgan fingerprint density at radius 2 is 1.92 bits per heavy atom. The smallest absolute Gasteiger partial charge is 0.154 e. The van der Waals surface area contributed by atoms with Crippen molar-refractivity contribution in [3.05, 3.63) is 41.0 Å². The normalized spacial score (nSPS) is 20.0. The molecule has 1 aliphatic carbocycles. The predicted molar refractivity (Wildman–Crippen MR) is 98.2 cm³/mol. The maximum absolute atomic E-state index is 5.54. The highest BCUT2D eigenvalue weighted by Crippen LogP contribution is 2.39. The Balaban J connectivity index is 1.75. The molecule has 5 nitrogen and oxygen atoms in total. The maximum Gasteiger partial charge on any atom is 0.154 e. The Morgan fingerprint density at radius 1 is 1.16 bits per heavy atom. The largest absolute Gasteiger partial charge is 0.379 e. The highest BCUT2D eigenvalue weighted by molar-refractivity contribution is 5.40. The average Bonchev–Trinajstić information content (AvgIpc) is 3.39. The van der Waals surface area contributed by atoms with Crippen molar-refractivity contribution in [2.45, 2.75) is 52.0 Å². The molecule has 0 radical (unpaired) electrons. The highest BCUT2D eigenvalue weighted by atomic mass is 16.5. The summed E-state index contributed by atoms with van der Waals surface area (Å²) >= 11 is 0. The van der Waals surface area contributed by atoms with Gasteiger partial charge in [-0.1, -0.05) is 13.0 Å². The van der Waals surface area contributed by atoms with Gasteiger partial charge in [-0.2, -0.15) is 5.10 Å². The molecule has 2 aromatic rings. The van der Waals surface area contributed by atoms with Crippen LogP contribution < -0.4 is 0 Å². The molecule has 0 spiro atoms. The third kappa shape index (κ3) is 3.35. The van der Waals surface area contributed by atoms with E-state index in [0.29, 0.717) is 12.0 Å². The minimum Gasteiger partial charge on any atom is -0.379 e. The van der Waals surface area contributed by atoms with Crippen LogP contribution in [0.4, 0.5) is 0 Å². The van der Waals surface area contributed by atoms with Crippen molar-refractivity contribution < 1.29 is 4.74 Å². The van der Waals surface area contributed by atoms with E-state index < -0.39 is 0 Å². The lowest BCUT2D eigenvalue weighted by atomic mass is 10.1. The number of hydrogen-bond donors (Lipinski definition) is 0. The van der Waals surface area contributed by atoms with Gasteiger partial charge in [0.05, 0.1) is 24.9 Å². The fraction of sp³-hybridized carbons (Fsp3) is 0.600. The topological polar surface area (TPSA) is 43.2 Å². The van der Waals surface area contributed by atoms with Crippen molar-refractivity contribution in [1.29, 1.82) is 0 Å². The zero-order valence-electron chi connectivity index (χ0n) is 15.5. The molecule has 1 saturated heterocycles. The van der Waals surface area contributed by atoms with Crippen molar-refractivity contribution in [2.75, 3.05) is 26.3 Å². The summed E-state index contributed by atoms with van der Waals surface area (Å²) in [4.78, 5) is 7.52. The number of benzene rings is 1. The fourth-order valence-electron chi connectivity index (χ4n) is 3.61. The molecular weight excluding hydrogens is 312 g/mol. The Bertz CT molecular complexity index is 744. The van der Waals surface area contributed by atoms with Gasteiger partial charge in [0.2, 0.25) is 0 Å². The molecular formula is C20H28N4O. The zero-order chi connectivity index (χ0) is 17.4. The number of morpholine rings is 1. The second-order valence-corrected chi connectivity index (χ2v) is 7.36. The minimum atomic E-state index is 0.297. The van der Waals surface area contributed by atoms with Crippen LogP contribution in [0.15, 0.2) is 18.2 Å². The summed E-state index contributed by atoms with van der Waals surface area (Å²) in [7, 11) is 0. The second-order valence-electron chi connectivity index (χ2n) is 7.36. The first-order chi connectivity index (χ1) is 12.2. The van der Waals surface area contributed by atoms with Crippen molar-refractivity contribution >= 4 is 0 Å². The second kappa shape index (κ2) is 6.89. The quantitative estimate of drug-likeness (QED) is 0.835. The molecule has 1 aliphatic heterocycles. The summed E-state index contributed by atoms with van der Waals surface area (Å²) in [6, 6.07) is 6.88. The predicted octanol–water partition coefficient (Wildman–Crippen LogP) is 3.54. The highest BCUT2D eigenvalue weighted by Gasteiger charge is 2.32. The SMILES string of the molecule is CCC(c1nc(C2CC2)nn1-c1ccc(C)c(C)c1)N1CCOCC1. The Hall–Kier alpha value is -1.72. The first-order valence-corrected chi connectivity index (χ1v) is 9.53. The Morgan fingerprint density at radius 3 is 2.56 bits per heavy atom. The molecule has 2 heterocycles. The van der Waals surface area contributed by atoms with Gasteiger partial charge in [-0.05, 0) is 56.4 Å². The van der Waals surface area contributed by atoms with Gasteiger partial charge in [0.25, 0.3) is 0 Å². The van der Waals surface area contributed by atoms with E-state index in [0.717, 1.165) is 50.1 Å². The first kappa shape index (κ1) is 16.7. The Labute approximate surface area is 150 Å². The third-order valence-corrected chi connectivity index (χ3v) is 5.50. The molecule has 5 heteroatoms. The molecule has 2 fully saturated rings. The van der Waals surface area contributed by atoms with E-state index in [1.54, 1.807) is 0 Å². The van der Waals surface area contributed by atoms with Gasteiger partial charge in [-0.3, -0.25) is 4.90 Å². The van der Waals surface area contributed by atoms with Crippen LogP contribution in [0.2, 0.25) is 0 Å². The summed E-state index contributed by atoms with van der Waals surface area (Å²) in [5.74, 6) is 2.68. The van der Waals surface area contributed by atoms with Gasteiger partial charge in [-0.25, -0.2) is 9.67 Å². The molecule has 0 bridgehead atoms. The average molecular weight is 340 g/mol. The lowest BCUT2D eigenvalue weighted by Gasteiger charge is -2.33. The van der Waals surface area contributed by atoms with Gasteiger partial charge >= 0.3 is 0 Å². The number of nitrogens with zero attached hydrogens (tertiary/aromatic N) is 4. The van der Waals surface area contributed by atoms with Crippen LogP contribution in [0.3, 0.4) is 0 Å². The summed E-state index contributed by atoms with van der Waals surface area (Å²) in [5.41, 5.74) is 3.74. The summed E-state index contributed by atoms with van der Waals surface area (Å²) < 4.78 is 7.64. The van der Waals surface area contributed by atoms with E-state index >= 15 is 0 Å². The summed E-state index contributed by atoms with van der Waals surface area (Å²) in [6.45, 7) is 10.1. The molecule has 25 heavy (non-hydrogen) atoms. The third-order valence-electron chi connectivity index (χ3n) is 5.50. The van der Waals surface area contributed by atoms with Gasteiger partial charge in [0, 0.05) is 19.0 Å². The molecule has 4 rings (SSSR count). The van der Waals surface area contributed by atoms with Gasteiger partial charge in [0.1, 0.15) is 5.82 Å². The standard InChI is InChI=1S/C20H28N4O/c1-4-18(23-9-11-25-12-10-23)20-21-19(16-6-7-16)22-24(20)17-8-5-14(2)15(3)13-17/h5,8,13,16,18H,4,6-7,9-12H2,1-3H3. The van der Waals surface area contributed by atoms with E-state index in [4.69, 9.17) is 14.8 Å². The van der Waals surface area contributed by atoms with Crippen LogP contribution in [0.5, 0.6) is 0 Å². The van der Waals surface area contributed by atoms with E-state index in [2.05, 4.69) is 48.6 Å². The monoisotopic (exact) mass is 340 g/mol. The molecule has 1 saturated carbocycles. The lowest BCUT2D eigenvalue weighted by molar-refractivity contribution is 0.0129. The molecule has 0 N–H and O–H groups in total. The van der Waals surface area contributed by atoms with Crippen LogP contribution >= 0.6 is 0 Å². The molecule has 2 aliphatic rings. The molecule has 134 valence electrons. The van der Waals surface area contributed by atoms with Crippen LogP contribution in [0.1, 0.15) is 60.9 Å². The van der Waals surface area contributed by atoms with E-state index in [1.807, 2.05) is 0 Å². The molecule has 1 unspecified atom stereocenters. The maximum atomic E-state index is 5.54. The lowest BCUT2D eigenvalue weighted by Crippen LogP contribution is -2.39. The number of aromatic nitrogens is 3. The minimum absolute atomic E-state index is 0.297. The Kier molecular flexibility index (Phi) is 4.61. The van der Waals surface area contributed by atoms with Gasteiger partial charge in [-0.15, -0.1) is 0 Å². The summed E-state index contributed by atoms with van der Waals surface area (Å²) in [6.07, 6.45) is 3.49. The van der Waals surface area contributed by atoms with Crippen LogP contribution in [-0.4, -0.2) is 46.0 Å². The zero-order valence-corrected chi connectivity index (χ0v) is 15.5.